The van der Waals surface area contributed by atoms with Gasteiger partial charge in [-0.05, 0) is 24.6 Å². The minimum absolute atomic E-state index is 0.0611. The van der Waals surface area contributed by atoms with E-state index in [2.05, 4.69) is 10.1 Å². The summed E-state index contributed by atoms with van der Waals surface area (Å²) in [6.07, 6.45) is 2.39. The fourth-order valence-corrected chi connectivity index (χ4v) is 2.56. The predicted molar refractivity (Wildman–Crippen MR) is 77.5 cm³/mol. The van der Waals surface area contributed by atoms with Crippen molar-refractivity contribution in [3.63, 3.8) is 0 Å². The number of primary sulfonamides is 1. The van der Waals surface area contributed by atoms with Gasteiger partial charge in [0.25, 0.3) is 0 Å². The van der Waals surface area contributed by atoms with E-state index in [9.17, 15) is 8.42 Å². The predicted octanol–water partition coefficient (Wildman–Crippen LogP) is 1.57. The molecule has 0 aliphatic rings. The molecule has 9 heteroatoms. The summed E-state index contributed by atoms with van der Waals surface area (Å²) in [5.74, 6) is 1.03. The number of ether oxygens (including phenoxy) is 1. The molecule has 0 atom stereocenters. The van der Waals surface area contributed by atoms with Crippen LogP contribution in [0.1, 0.15) is 19.2 Å². The van der Waals surface area contributed by atoms with Crippen LogP contribution in [-0.2, 0) is 23.2 Å². The summed E-state index contributed by atoms with van der Waals surface area (Å²) in [5, 5.41) is 9.28. The van der Waals surface area contributed by atoms with Gasteiger partial charge in [-0.2, -0.15) is 5.10 Å². The summed E-state index contributed by atoms with van der Waals surface area (Å²) in [7, 11) is -3.78. The van der Waals surface area contributed by atoms with E-state index in [1.165, 1.54) is 24.5 Å². The Morgan fingerprint density at radius 1 is 1.43 bits per heavy atom. The molecule has 0 aliphatic heterocycles. The summed E-state index contributed by atoms with van der Waals surface area (Å²) in [4.78, 5) is 4.04. The van der Waals surface area contributed by atoms with Crippen molar-refractivity contribution < 1.29 is 13.2 Å². The second kappa shape index (κ2) is 6.42. The number of hydrogen-bond donors (Lipinski definition) is 1. The fourth-order valence-electron chi connectivity index (χ4n) is 1.72. The number of aromatic nitrogens is 3. The fraction of sp³-hybridized carbons (Fsp3) is 0.333. The SMILES string of the molecule is CCCn1ncnc1COc1ccc(S(N)(=O)=O)cc1Cl. The van der Waals surface area contributed by atoms with E-state index in [1.807, 2.05) is 6.92 Å². The van der Waals surface area contributed by atoms with E-state index >= 15 is 0 Å². The van der Waals surface area contributed by atoms with Crippen molar-refractivity contribution in [2.75, 3.05) is 0 Å². The molecule has 0 fully saturated rings. The van der Waals surface area contributed by atoms with Gasteiger partial charge in [0.05, 0.1) is 9.92 Å². The Balaban J connectivity index is 2.12. The number of halogens is 1. The Labute approximate surface area is 127 Å². The summed E-state index contributed by atoms with van der Waals surface area (Å²) >= 11 is 5.99. The Morgan fingerprint density at radius 2 is 2.19 bits per heavy atom. The topological polar surface area (TPSA) is 100 Å². The van der Waals surface area contributed by atoms with Crippen LogP contribution in [0.2, 0.25) is 5.02 Å². The molecule has 0 spiro atoms. The highest BCUT2D eigenvalue weighted by atomic mass is 35.5. The minimum Gasteiger partial charge on any atom is -0.484 e. The molecule has 0 unspecified atom stereocenters. The van der Waals surface area contributed by atoms with Gasteiger partial charge in [0.2, 0.25) is 10.0 Å². The Bertz CT molecular complexity index is 730. The molecule has 0 radical (unpaired) electrons. The zero-order valence-electron chi connectivity index (χ0n) is 11.4. The van der Waals surface area contributed by atoms with Crippen LogP contribution in [0.15, 0.2) is 29.4 Å². The van der Waals surface area contributed by atoms with Crippen molar-refractivity contribution in [3.05, 3.63) is 35.4 Å². The standard InChI is InChI=1S/C12H15ClN4O3S/c1-2-5-17-12(15-8-16-17)7-20-11-4-3-9(6-10(11)13)21(14,18)19/h3-4,6,8H,2,5,7H2,1H3,(H2,14,18,19). The smallest absolute Gasteiger partial charge is 0.238 e. The number of rotatable bonds is 6. The first-order valence-electron chi connectivity index (χ1n) is 6.23. The molecular formula is C12H15ClN4O3S. The van der Waals surface area contributed by atoms with E-state index < -0.39 is 10.0 Å². The maximum absolute atomic E-state index is 11.2. The Kier molecular flexibility index (Phi) is 4.81. The van der Waals surface area contributed by atoms with Gasteiger partial charge in [-0.25, -0.2) is 23.2 Å². The lowest BCUT2D eigenvalue weighted by atomic mass is 10.3. The lowest BCUT2D eigenvalue weighted by molar-refractivity contribution is 0.286. The third-order valence-corrected chi connectivity index (χ3v) is 3.93. The number of sulfonamides is 1. The number of nitrogens with zero attached hydrogens (tertiary/aromatic N) is 3. The highest BCUT2D eigenvalue weighted by Crippen LogP contribution is 2.27. The number of hydrogen-bond acceptors (Lipinski definition) is 5. The summed E-state index contributed by atoms with van der Waals surface area (Å²) in [6.45, 7) is 2.97. The van der Waals surface area contributed by atoms with Gasteiger partial charge < -0.3 is 4.74 Å². The molecule has 2 N–H and O–H groups in total. The molecule has 7 nitrogen and oxygen atoms in total. The molecule has 1 aromatic heterocycles. The average molecular weight is 331 g/mol. The van der Waals surface area contributed by atoms with Crippen LogP contribution in [0.3, 0.4) is 0 Å². The van der Waals surface area contributed by atoms with Gasteiger partial charge in [0.15, 0.2) is 5.82 Å². The Morgan fingerprint density at radius 3 is 2.81 bits per heavy atom. The van der Waals surface area contributed by atoms with E-state index in [4.69, 9.17) is 21.5 Å². The molecule has 21 heavy (non-hydrogen) atoms. The van der Waals surface area contributed by atoms with Gasteiger partial charge in [-0.15, -0.1) is 0 Å². The molecule has 0 bridgehead atoms. The quantitative estimate of drug-likeness (QED) is 0.866. The lowest BCUT2D eigenvalue weighted by Crippen LogP contribution is -2.12. The molecule has 0 saturated carbocycles. The van der Waals surface area contributed by atoms with Gasteiger partial charge in [-0.3, -0.25) is 0 Å². The zero-order valence-corrected chi connectivity index (χ0v) is 12.9. The van der Waals surface area contributed by atoms with E-state index in [0.29, 0.717) is 11.6 Å². The third-order valence-electron chi connectivity index (χ3n) is 2.72. The molecule has 1 aromatic carbocycles. The molecule has 114 valence electrons. The first-order chi connectivity index (χ1) is 9.91. The van der Waals surface area contributed by atoms with Crippen LogP contribution in [0.25, 0.3) is 0 Å². The summed E-state index contributed by atoms with van der Waals surface area (Å²) in [5.41, 5.74) is 0. The molecule has 1 heterocycles. The molecule has 0 aliphatic carbocycles. The first-order valence-corrected chi connectivity index (χ1v) is 8.16. The van der Waals surface area contributed by atoms with Crippen molar-refractivity contribution in [3.8, 4) is 5.75 Å². The van der Waals surface area contributed by atoms with Crippen LogP contribution in [0.5, 0.6) is 5.75 Å². The second-order valence-electron chi connectivity index (χ2n) is 4.33. The van der Waals surface area contributed by atoms with Gasteiger partial charge in [0, 0.05) is 6.54 Å². The highest BCUT2D eigenvalue weighted by Gasteiger charge is 2.12. The summed E-state index contributed by atoms with van der Waals surface area (Å²) in [6, 6.07) is 4.05. The molecule has 0 amide bonds. The largest absolute Gasteiger partial charge is 0.484 e. The monoisotopic (exact) mass is 330 g/mol. The van der Waals surface area contributed by atoms with Crippen LogP contribution in [-0.4, -0.2) is 23.2 Å². The van der Waals surface area contributed by atoms with Crippen molar-refractivity contribution in [1.29, 1.82) is 0 Å². The molecule has 2 aromatic rings. The van der Waals surface area contributed by atoms with Crippen molar-refractivity contribution in [2.24, 2.45) is 5.14 Å². The maximum Gasteiger partial charge on any atom is 0.238 e. The zero-order chi connectivity index (χ0) is 15.5. The van der Waals surface area contributed by atoms with Gasteiger partial charge in [-0.1, -0.05) is 18.5 Å². The molecular weight excluding hydrogens is 316 g/mol. The number of benzene rings is 1. The maximum atomic E-state index is 11.2. The highest BCUT2D eigenvalue weighted by molar-refractivity contribution is 7.89. The van der Waals surface area contributed by atoms with Gasteiger partial charge >= 0.3 is 0 Å². The molecule has 2 rings (SSSR count). The van der Waals surface area contributed by atoms with E-state index in [-0.39, 0.29) is 16.5 Å². The van der Waals surface area contributed by atoms with Crippen molar-refractivity contribution in [2.45, 2.75) is 31.4 Å². The molecule has 0 saturated heterocycles. The van der Waals surface area contributed by atoms with Crippen molar-refractivity contribution in [1.82, 2.24) is 14.8 Å². The number of aryl methyl sites for hydroxylation is 1. The van der Waals surface area contributed by atoms with E-state index in [0.717, 1.165) is 13.0 Å². The van der Waals surface area contributed by atoms with Crippen LogP contribution < -0.4 is 9.88 Å². The summed E-state index contributed by atoms with van der Waals surface area (Å²) < 4.78 is 29.7. The van der Waals surface area contributed by atoms with Crippen LogP contribution in [0, 0.1) is 0 Å². The Hall–Kier alpha value is -1.64. The number of nitrogens with two attached hydrogens (primary N) is 1. The van der Waals surface area contributed by atoms with Crippen LogP contribution in [0.4, 0.5) is 0 Å². The third kappa shape index (κ3) is 3.93. The van der Waals surface area contributed by atoms with Crippen LogP contribution >= 0.6 is 11.6 Å². The minimum atomic E-state index is -3.78. The van der Waals surface area contributed by atoms with E-state index in [1.54, 1.807) is 4.68 Å². The van der Waals surface area contributed by atoms with Crippen molar-refractivity contribution >= 4 is 21.6 Å². The lowest BCUT2D eigenvalue weighted by Gasteiger charge is -2.09. The second-order valence-corrected chi connectivity index (χ2v) is 6.29. The van der Waals surface area contributed by atoms with Gasteiger partial charge in [0.1, 0.15) is 18.7 Å². The first kappa shape index (κ1) is 15.7. The average Bonchev–Trinajstić information content (AvgIpc) is 2.84. The normalized spacial score (nSPS) is 11.6.